The number of rotatable bonds is 5. The van der Waals surface area contributed by atoms with Crippen LogP contribution in [0.5, 0.6) is 0 Å². The van der Waals surface area contributed by atoms with Gasteiger partial charge in [-0.05, 0) is 44.2 Å². The molecular weight excluding hydrogens is 228 g/mol. The maximum atomic E-state index is 4.54. The van der Waals surface area contributed by atoms with Crippen LogP contribution >= 0.6 is 11.8 Å². The van der Waals surface area contributed by atoms with Gasteiger partial charge in [-0.15, -0.1) is 11.8 Å². The van der Waals surface area contributed by atoms with Crippen LogP contribution in [0.25, 0.3) is 0 Å². The zero-order chi connectivity index (χ0) is 12.1. The van der Waals surface area contributed by atoms with E-state index >= 15 is 0 Å². The molecule has 94 valence electrons. The molecular formula is C14H22N2S. The summed E-state index contributed by atoms with van der Waals surface area (Å²) in [5.74, 6) is 1.10. The Kier molecular flexibility index (Phi) is 4.86. The zero-order valence-electron chi connectivity index (χ0n) is 10.9. The van der Waals surface area contributed by atoms with Gasteiger partial charge in [0.2, 0.25) is 0 Å². The smallest absolute Gasteiger partial charge is 0.101 e. The maximum absolute atomic E-state index is 4.54. The minimum atomic E-state index is 0.609. The molecule has 0 aromatic carbocycles. The standard InChI is InChI=1S/C14H22N2S/c1-3-10-16-11-6-8-13(16)12-7-5-9-15-14(12)17-4-2/h5,7,9,13H,3-4,6,8,10-11H2,1-2H3/t13-/m0/s1. The van der Waals surface area contributed by atoms with Crippen molar-refractivity contribution in [2.24, 2.45) is 0 Å². The third kappa shape index (κ3) is 3.02. The zero-order valence-corrected chi connectivity index (χ0v) is 11.7. The highest BCUT2D eigenvalue weighted by Crippen LogP contribution is 2.36. The van der Waals surface area contributed by atoms with Gasteiger partial charge in [0.25, 0.3) is 0 Å². The molecule has 1 aliphatic rings. The van der Waals surface area contributed by atoms with Crippen molar-refractivity contribution < 1.29 is 0 Å². The van der Waals surface area contributed by atoms with Crippen molar-refractivity contribution in [2.45, 2.75) is 44.2 Å². The summed E-state index contributed by atoms with van der Waals surface area (Å²) in [4.78, 5) is 7.17. The minimum Gasteiger partial charge on any atom is -0.296 e. The lowest BCUT2D eigenvalue weighted by Crippen LogP contribution is -2.24. The van der Waals surface area contributed by atoms with E-state index in [0.717, 1.165) is 5.75 Å². The lowest BCUT2D eigenvalue weighted by molar-refractivity contribution is 0.254. The summed E-state index contributed by atoms with van der Waals surface area (Å²) >= 11 is 1.87. The Morgan fingerprint density at radius 1 is 1.47 bits per heavy atom. The number of pyridine rings is 1. The highest BCUT2D eigenvalue weighted by atomic mass is 32.2. The largest absolute Gasteiger partial charge is 0.296 e. The molecule has 1 aliphatic heterocycles. The summed E-state index contributed by atoms with van der Waals surface area (Å²) in [5, 5.41) is 1.24. The van der Waals surface area contributed by atoms with Crippen molar-refractivity contribution in [3.63, 3.8) is 0 Å². The van der Waals surface area contributed by atoms with Gasteiger partial charge in [-0.3, -0.25) is 4.90 Å². The fourth-order valence-corrected chi connectivity index (χ4v) is 3.43. The molecule has 0 saturated carbocycles. The van der Waals surface area contributed by atoms with E-state index in [-0.39, 0.29) is 0 Å². The molecule has 0 aliphatic carbocycles. The molecule has 1 fully saturated rings. The number of likely N-dealkylation sites (tertiary alicyclic amines) is 1. The molecule has 1 atom stereocenters. The molecule has 2 rings (SSSR count). The van der Waals surface area contributed by atoms with Gasteiger partial charge in [0.15, 0.2) is 0 Å². The molecule has 1 aromatic heterocycles. The summed E-state index contributed by atoms with van der Waals surface area (Å²) in [6.07, 6.45) is 5.78. The van der Waals surface area contributed by atoms with Crippen LogP contribution in [0.15, 0.2) is 23.4 Å². The average Bonchev–Trinajstić information content (AvgIpc) is 2.79. The van der Waals surface area contributed by atoms with Crippen molar-refractivity contribution >= 4 is 11.8 Å². The highest BCUT2D eigenvalue weighted by Gasteiger charge is 2.27. The molecule has 0 unspecified atom stereocenters. The second-order valence-corrected chi connectivity index (χ2v) is 5.78. The lowest BCUT2D eigenvalue weighted by Gasteiger charge is -2.25. The van der Waals surface area contributed by atoms with E-state index < -0.39 is 0 Å². The molecule has 0 N–H and O–H groups in total. The van der Waals surface area contributed by atoms with E-state index in [4.69, 9.17) is 0 Å². The van der Waals surface area contributed by atoms with E-state index in [1.54, 1.807) is 0 Å². The first-order valence-electron chi connectivity index (χ1n) is 6.68. The Morgan fingerprint density at radius 3 is 3.12 bits per heavy atom. The van der Waals surface area contributed by atoms with Crippen molar-refractivity contribution in [3.05, 3.63) is 23.9 Å². The van der Waals surface area contributed by atoms with Crippen LogP contribution in [0.2, 0.25) is 0 Å². The van der Waals surface area contributed by atoms with Gasteiger partial charge in [0.1, 0.15) is 5.03 Å². The molecule has 0 radical (unpaired) electrons. The van der Waals surface area contributed by atoms with Crippen LogP contribution in [-0.2, 0) is 0 Å². The van der Waals surface area contributed by atoms with Gasteiger partial charge in [-0.2, -0.15) is 0 Å². The fourth-order valence-electron chi connectivity index (χ4n) is 2.65. The molecule has 17 heavy (non-hydrogen) atoms. The third-order valence-corrected chi connectivity index (χ3v) is 4.22. The van der Waals surface area contributed by atoms with E-state index in [9.17, 15) is 0 Å². The molecule has 1 aromatic rings. The number of hydrogen-bond acceptors (Lipinski definition) is 3. The van der Waals surface area contributed by atoms with Gasteiger partial charge in [-0.25, -0.2) is 4.98 Å². The van der Waals surface area contributed by atoms with Crippen LogP contribution in [0.4, 0.5) is 0 Å². The lowest BCUT2D eigenvalue weighted by atomic mass is 10.1. The van der Waals surface area contributed by atoms with Crippen molar-refractivity contribution in [1.82, 2.24) is 9.88 Å². The predicted octanol–water partition coefficient (Wildman–Crippen LogP) is 3.74. The normalized spacial score (nSPS) is 20.9. The van der Waals surface area contributed by atoms with Gasteiger partial charge < -0.3 is 0 Å². The van der Waals surface area contributed by atoms with E-state index in [1.807, 2.05) is 18.0 Å². The Labute approximate surface area is 109 Å². The SMILES string of the molecule is CCCN1CCC[C@H]1c1cccnc1SCC. The number of hydrogen-bond donors (Lipinski definition) is 0. The van der Waals surface area contributed by atoms with Crippen LogP contribution < -0.4 is 0 Å². The highest BCUT2D eigenvalue weighted by molar-refractivity contribution is 7.99. The third-order valence-electron chi connectivity index (χ3n) is 3.32. The predicted molar refractivity (Wildman–Crippen MR) is 74.5 cm³/mol. The Hall–Kier alpha value is -0.540. The first-order valence-corrected chi connectivity index (χ1v) is 7.67. The van der Waals surface area contributed by atoms with E-state index in [0.29, 0.717) is 6.04 Å². The van der Waals surface area contributed by atoms with Gasteiger partial charge in [0, 0.05) is 17.8 Å². The van der Waals surface area contributed by atoms with Gasteiger partial charge in [-0.1, -0.05) is 19.9 Å². The first kappa shape index (κ1) is 12.9. The number of nitrogens with zero attached hydrogens (tertiary/aromatic N) is 2. The molecule has 2 nitrogen and oxygen atoms in total. The second kappa shape index (κ2) is 6.41. The van der Waals surface area contributed by atoms with E-state index in [2.05, 4.69) is 35.9 Å². The molecule has 1 saturated heterocycles. The topological polar surface area (TPSA) is 16.1 Å². The average molecular weight is 250 g/mol. The first-order chi connectivity index (χ1) is 8.36. The fraction of sp³-hybridized carbons (Fsp3) is 0.643. The maximum Gasteiger partial charge on any atom is 0.101 e. The summed E-state index contributed by atoms with van der Waals surface area (Å²) in [6, 6.07) is 4.96. The molecule has 0 spiro atoms. The monoisotopic (exact) mass is 250 g/mol. The number of aromatic nitrogens is 1. The van der Waals surface area contributed by atoms with E-state index in [1.165, 1.54) is 42.9 Å². The van der Waals surface area contributed by atoms with Crippen molar-refractivity contribution in [3.8, 4) is 0 Å². The molecule has 0 bridgehead atoms. The minimum absolute atomic E-state index is 0.609. The molecule has 0 amide bonds. The summed E-state index contributed by atoms with van der Waals surface area (Å²) in [6.45, 7) is 6.93. The molecule has 2 heterocycles. The number of thioether (sulfide) groups is 1. The van der Waals surface area contributed by atoms with Crippen LogP contribution in [-0.4, -0.2) is 28.7 Å². The van der Waals surface area contributed by atoms with Gasteiger partial charge in [0.05, 0.1) is 0 Å². The molecule has 3 heteroatoms. The summed E-state index contributed by atoms with van der Waals surface area (Å²) < 4.78 is 0. The van der Waals surface area contributed by atoms with Crippen LogP contribution in [0.1, 0.15) is 44.7 Å². The Morgan fingerprint density at radius 2 is 2.35 bits per heavy atom. The van der Waals surface area contributed by atoms with Crippen LogP contribution in [0.3, 0.4) is 0 Å². The summed E-state index contributed by atoms with van der Waals surface area (Å²) in [7, 11) is 0. The Bertz CT molecular complexity index is 354. The van der Waals surface area contributed by atoms with Crippen molar-refractivity contribution in [2.75, 3.05) is 18.8 Å². The second-order valence-electron chi connectivity index (χ2n) is 4.52. The summed E-state index contributed by atoms with van der Waals surface area (Å²) in [5.41, 5.74) is 1.45. The van der Waals surface area contributed by atoms with Crippen LogP contribution in [0, 0.1) is 0 Å². The van der Waals surface area contributed by atoms with Gasteiger partial charge >= 0.3 is 0 Å². The Balaban J connectivity index is 2.20. The quantitative estimate of drug-likeness (QED) is 0.741. The van der Waals surface area contributed by atoms with Crippen molar-refractivity contribution in [1.29, 1.82) is 0 Å².